The first-order chi connectivity index (χ1) is 15.2. The van der Waals surface area contributed by atoms with Gasteiger partial charge in [-0.05, 0) is 56.0 Å². The van der Waals surface area contributed by atoms with Crippen molar-refractivity contribution in [1.29, 1.82) is 0 Å². The zero-order chi connectivity index (χ0) is 21.7. The number of nitrogens with one attached hydrogen (secondary N) is 2. The number of nitrogens with zero attached hydrogens (tertiary/aromatic N) is 2. The summed E-state index contributed by atoms with van der Waals surface area (Å²) >= 11 is 0. The maximum Gasteiger partial charge on any atom is 0.191 e. The summed E-state index contributed by atoms with van der Waals surface area (Å²) in [5.74, 6) is 1.65. The number of hydrogen-bond donors (Lipinski definition) is 2. The lowest BCUT2D eigenvalue weighted by Gasteiger charge is -2.33. The summed E-state index contributed by atoms with van der Waals surface area (Å²) < 4.78 is 23.9. The molecule has 2 N–H and O–H groups in total. The number of aliphatic imine (C=N–C) groups is 1. The number of hydrogen-bond acceptors (Lipinski definition) is 4. The van der Waals surface area contributed by atoms with Gasteiger partial charge in [-0.25, -0.2) is 4.39 Å². The lowest BCUT2D eigenvalue weighted by Crippen LogP contribution is -2.49. The number of ether oxygens (including phenoxy) is 1. The summed E-state index contributed by atoms with van der Waals surface area (Å²) in [5, 5.41) is 7.05. The lowest BCUT2D eigenvalue weighted by atomic mass is 10.0. The Labute approximate surface area is 184 Å². The van der Waals surface area contributed by atoms with Crippen LogP contribution in [0, 0.1) is 5.82 Å². The van der Waals surface area contributed by atoms with E-state index in [2.05, 4.69) is 15.5 Å². The number of piperidine rings is 1. The van der Waals surface area contributed by atoms with Crippen LogP contribution in [0.1, 0.15) is 37.5 Å². The third kappa shape index (κ3) is 8.71. The molecule has 0 spiro atoms. The summed E-state index contributed by atoms with van der Waals surface area (Å²) in [6, 6.07) is 11.1. The van der Waals surface area contributed by atoms with Crippen molar-refractivity contribution >= 4 is 5.96 Å². The molecular formula is C24H35FN4O2. The molecule has 1 saturated heterocycles. The Bertz CT molecular complexity index is 756. The van der Waals surface area contributed by atoms with Gasteiger partial charge in [0.2, 0.25) is 0 Å². The topological polar surface area (TPSA) is 62.0 Å². The quantitative estimate of drug-likeness (QED) is 0.324. The molecular weight excluding hydrogens is 395 g/mol. The minimum absolute atomic E-state index is 0.181. The van der Waals surface area contributed by atoms with E-state index in [1.807, 2.05) is 31.2 Å². The van der Waals surface area contributed by atoms with Crippen LogP contribution in [0.2, 0.25) is 0 Å². The number of guanidine groups is 1. The average Bonchev–Trinajstić information content (AvgIpc) is 3.30. The van der Waals surface area contributed by atoms with Crippen LogP contribution in [-0.2, 0) is 17.7 Å². The molecule has 1 aromatic heterocycles. The van der Waals surface area contributed by atoms with Crippen LogP contribution in [0.25, 0.3) is 0 Å². The first-order valence-corrected chi connectivity index (χ1v) is 11.3. The molecule has 0 radical (unpaired) electrons. The second-order valence-electron chi connectivity index (χ2n) is 7.86. The van der Waals surface area contributed by atoms with Crippen molar-refractivity contribution in [3.63, 3.8) is 0 Å². The van der Waals surface area contributed by atoms with Crippen LogP contribution in [0.4, 0.5) is 4.39 Å². The third-order valence-electron chi connectivity index (χ3n) is 5.41. The van der Waals surface area contributed by atoms with Crippen molar-refractivity contribution in [1.82, 2.24) is 15.5 Å². The Morgan fingerprint density at radius 3 is 2.74 bits per heavy atom. The normalized spacial score (nSPS) is 15.9. The standard InChI is InChI=1S/C24H35FN4O2/c1-2-30-17-4-13-26-24(27-14-10-23-5-3-18-31-23)28-22-11-15-29(16-12-22)19-20-6-8-21(25)9-7-20/h3,5-9,18,22H,2,4,10-17,19H2,1H3,(H2,26,27,28). The van der Waals surface area contributed by atoms with Gasteiger partial charge in [0.05, 0.1) is 6.26 Å². The maximum absolute atomic E-state index is 13.1. The zero-order valence-corrected chi connectivity index (χ0v) is 18.5. The van der Waals surface area contributed by atoms with Crippen LogP contribution in [0.5, 0.6) is 0 Å². The molecule has 1 aliphatic heterocycles. The van der Waals surface area contributed by atoms with Gasteiger partial charge in [0.15, 0.2) is 5.96 Å². The van der Waals surface area contributed by atoms with E-state index in [1.54, 1.807) is 6.26 Å². The first kappa shape index (κ1) is 23.3. The molecule has 2 heterocycles. The maximum atomic E-state index is 13.1. The molecule has 0 aliphatic carbocycles. The van der Waals surface area contributed by atoms with Crippen molar-refractivity contribution in [2.45, 2.75) is 45.2 Å². The minimum atomic E-state index is -0.181. The van der Waals surface area contributed by atoms with Crippen LogP contribution in [0.15, 0.2) is 52.1 Å². The van der Waals surface area contributed by atoms with Gasteiger partial charge >= 0.3 is 0 Å². The van der Waals surface area contributed by atoms with Gasteiger partial charge in [0.25, 0.3) is 0 Å². The van der Waals surface area contributed by atoms with Gasteiger partial charge in [0, 0.05) is 58.4 Å². The third-order valence-corrected chi connectivity index (χ3v) is 5.41. The summed E-state index contributed by atoms with van der Waals surface area (Å²) in [6.07, 6.45) is 5.55. The largest absolute Gasteiger partial charge is 0.469 e. The van der Waals surface area contributed by atoms with E-state index < -0.39 is 0 Å². The number of rotatable bonds is 11. The summed E-state index contributed by atoms with van der Waals surface area (Å²) in [7, 11) is 0. The summed E-state index contributed by atoms with van der Waals surface area (Å²) in [5.41, 5.74) is 1.16. The molecule has 3 rings (SSSR count). The monoisotopic (exact) mass is 430 g/mol. The van der Waals surface area contributed by atoms with Gasteiger partial charge in [-0.2, -0.15) is 0 Å². The Morgan fingerprint density at radius 2 is 2.03 bits per heavy atom. The molecule has 2 aromatic rings. The number of benzene rings is 1. The van der Waals surface area contributed by atoms with Gasteiger partial charge < -0.3 is 19.8 Å². The molecule has 1 aliphatic rings. The first-order valence-electron chi connectivity index (χ1n) is 11.3. The van der Waals surface area contributed by atoms with E-state index in [4.69, 9.17) is 14.1 Å². The van der Waals surface area contributed by atoms with Crippen LogP contribution < -0.4 is 10.6 Å². The van der Waals surface area contributed by atoms with Gasteiger partial charge in [-0.1, -0.05) is 12.1 Å². The predicted octanol–water partition coefficient (Wildman–Crippen LogP) is 3.59. The average molecular weight is 431 g/mol. The highest BCUT2D eigenvalue weighted by molar-refractivity contribution is 5.80. The molecule has 1 fully saturated rings. The Balaban J connectivity index is 1.44. The molecule has 31 heavy (non-hydrogen) atoms. The second kappa shape index (κ2) is 13.1. The number of likely N-dealkylation sites (tertiary alicyclic amines) is 1. The van der Waals surface area contributed by atoms with Crippen molar-refractivity contribution < 1.29 is 13.5 Å². The van der Waals surface area contributed by atoms with Crippen molar-refractivity contribution in [3.05, 3.63) is 59.8 Å². The zero-order valence-electron chi connectivity index (χ0n) is 18.5. The van der Waals surface area contributed by atoms with Crippen LogP contribution >= 0.6 is 0 Å². The molecule has 1 aromatic carbocycles. The SMILES string of the molecule is CCOCCCN=C(NCCc1ccco1)NC1CCN(Cc2ccc(F)cc2)CC1. The fourth-order valence-electron chi connectivity index (χ4n) is 3.69. The van der Waals surface area contributed by atoms with Crippen LogP contribution in [-0.4, -0.2) is 56.3 Å². The molecule has 170 valence electrons. The molecule has 6 nitrogen and oxygen atoms in total. The number of furan rings is 1. The highest BCUT2D eigenvalue weighted by Crippen LogP contribution is 2.14. The highest BCUT2D eigenvalue weighted by atomic mass is 19.1. The lowest BCUT2D eigenvalue weighted by molar-refractivity contribution is 0.146. The Morgan fingerprint density at radius 1 is 1.23 bits per heavy atom. The van der Waals surface area contributed by atoms with Crippen LogP contribution in [0.3, 0.4) is 0 Å². The minimum Gasteiger partial charge on any atom is -0.469 e. The predicted molar refractivity (Wildman–Crippen MR) is 122 cm³/mol. The van der Waals surface area contributed by atoms with Crippen molar-refractivity contribution in [2.24, 2.45) is 4.99 Å². The fraction of sp³-hybridized carbons (Fsp3) is 0.542. The molecule has 7 heteroatoms. The smallest absolute Gasteiger partial charge is 0.191 e. The van der Waals surface area contributed by atoms with E-state index in [9.17, 15) is 4.39 Å². The van der Waals surface area contributed by atoms with Crippen molar-refractivity contribution in [2.75, 3.05) is 39.4 Å². The van der Waals surface area contributed by atoms with Gasteiger partial charge in [-0.15, -0.1) is 0 Å². The summed E-state index contributed by atoms with van der Waals surface area (Å²) in [4.78, 5) is 7.16. The number of halogens is 1. The van der Waals surface area contributed by atoms with E-state index >= 15 is 0 Å². The molecule has 0 bridgehead atoms. The Hall–Kier alpha value is -2.38. The van der Waals surface area contributed by atoms with Gasteiger partial charge in [-0.3, -0.25) is 9.89 Å². The Kier molecular flexibility index (Phi) is 9.86. The van der Waals surface area contributed by atoms with E-state index in [0.717, 1.165) is 88.9 Å². The molecule has 0 amide bonds. The van der Waals surface area contributed by atoms with Gasteiger partial charge in [0.1, 0.15) is 11.6 Å². The van der Waals surface area contributed by atoms with Crippen molar-refractivity contribution in [3.8, 4) is 0 Å². The second-order valence-corrected chi connectivity index (χ2v) is 7.86. The van der Waals surface area contributed by atoms with E-state index in [1.165, 1.54) is 12.1 Å². The molecule has 0 unspecified atom stereocenters. The molecule has 0 saturated carbocycles. The summed E-state index contributed by atoms with van der Waals surface area (Å²) in [6.45, 7) is 7.89. The fourth-order valence-corrected chi connectivity index (χ4v) is 3.69. The highest BCUT2D eigenvalue weighted by Gasteiger charge is 2.20. The van der Waals surface area contributed by atoms with E-state index in [-0.39, 0.29) is 5.82 Å². The van der Waals surface area contributed by atoms with E-state index in [0.29, 0.717) is 6.04 Å². The molecule has 0 atom stereocenters.